The van der Waals surface area contributed by atoms with E-state index >= 15 is 0 Å². The maximum Gasteiger partial charge on any atom is 0.183 e. The minimum absolute atomic E-state index is 0.298. The zero-order valence-corrected chi connectivity index (χ0v) is 9.51. The lowest BCUT2D eigenvalue weighted by Crippen LogP contribution is -1.98. The maximum absolute atomic E-state index is 8.89. The zero-order valence-electron chi connectivity index (χ0n) is 9.51. The molecule has 1 aromatic heterocycles. The SMILES string of the molecule is CCc1ccc(Nc2nccnc2C#N)cc1. The van der Waals surface area contributed by atoms with Crippen LogP contribution >= 0.6 is 0 Å². The Morgan fingerprint density at radius 1 is 1.18 bits per heavy atom. The van der Waals surface area contributed by atoms with Crippen LogP contribution in [-0.2, 0) is 6.42 Å². The first-order valence-electron chi connectivity index (χ1n) is 5.40. The van der Waals surface area contributed by atoms with Crippen LogP contribution < -0.4 is 5.32 Å². The molecule has 2 rings (SSSR count). The van der Waals surface area contributed by atoms with Gasteiger partial charge in [0.05, 0.1) is 0 Å². The molecule has 0 radical (unpaired) electrons. The quantitative estimate of drug-likeness (QED) is 0.870. The molecule has 0 saturated carbocycles. The number of nitrogens with one attached hydrogen (secondary N) is 1. The molecule has 0 aliphatic carbocycles. The second kappa shape index (κ2) is 5.08. The molecule has 4 heteroatoms. The largest absolute Gasteiger partial charge is 0.338 e. The molecule has 0 bridgehead atoms. The number of rotatable bonds is 3. The van der Waals surface area contributed by atoms with Crippen LogP contribution in [0.2, 0.25) is 0 Å². The van der Waals surface area contributed by atoms with Crippen LogP contribution in [0.4, 0.5) is 11.5 Å². The van der Waals surface area contributed by atoms with Gasteiger partial charge in [0.25, 0.3) is 0 Å². The number of hydrogen-bond acceptors (Lipinski definition) is 4. The standard InChI is InChI=1S/C13H12N4/c1-2-10-3-5-11(6-4-10)17-13-12(9-14)15-7-8-16-13/h3-8H,2H2,1H3,(H,16,17). The van der Waals surface area contributed by atoms with E-state index in [2.05, 4.69) is 22.2 Å². The third-order valence-corrected chi connectivity index (χ3v) is 2.43. The van der Waals surface area contributed by atoms with Gasteiger partial charge in [0.1, 0.15) is 6.07 Å². The second-order valence-corrected chi connectivity index (χ2v) is 3.54. The molecule has 0 unspecified atom stereocenters. The van der Waals surface area contributed by atoms with E-state index in [-0.39, 0.29) is 0 Å². The van der Waals surface area contributed by atoms with Crippen LogP contribution in [0, 0.1) is 11.3 Å². The molecular formula is C13H12N4. The van der Waals surface area contributed by atoms with E-state index in [0.29, 0.717) is 11.5 Å². The van der Waals surface area contributed by atoms with Gasteiger partial charge in [-0.25, -0.2) is 9.97 Å². The summed E-state index contributed by atoms with van der Waals surface area (Å²) in [7, 11) is 0. The highest BCUT2D eigenvalue weighted by Gasteiger charge is 2.03. The summed E-state index contributed by atoms with van der Waals surface area (Å²) in [6, 6.07) is 10.0. The molecular weight excluding hydrogens is 212 g/mol. The lowest BCUT2D eigenvalue weighted by atomic mass is 10.1. The van der Waals surface area contributed by atoms with Crippen molar-refractivity contribution in [1.82, 2.24) is 9.97 Å². The lowest BCUT2D eigenvalue weighted by Gasteiger charge is -2.06. The first-order chi connectivity index (χ1) is 8.33. The number of nitriles is 1. The van der Waals surface area contributed by atoms with Gasteiger partial charge in [0, 0.05) is 18.1 Å². The molecule has 17 heavy (non-hydrogen) atoms. The highest BCUT2D eigenvalue weighted by molar-refractivity contribution is 5.60. The average molecular weight is 224 g/mol. The van der Waals surface area contributed by atoms with Crippen molar-refractivity contribution in [2.75, 3.05) is 5.32 Å². The van der Waals surface area contributed by atoms with Crippen molar-refractivity contribution in [2.45, 2.75) is 13.3 Å². The number of benzene rings is 1. The molecule has 1 aromatic carbocycles. The van der Waals surface area contributed by atoms with Crippen molar-refractivity contribution in [1.29, 1.82) is 5.26 Å². The maximum atomic E-state index is 8.89. The minimum atomic E-state index is 0.298. The summed E-state index contributed by atoms with van der Waals surface area (Å²) in [5.74, 6) is 0.485. The summed E-state index contributed by atoms with van der Waals surface area (Å²) in [6.07, 6.45) is 4.07. The Kier molecular flexibility index (Phi) is 3.31. The van der Waals surface area contributed by atoms with Gasteiger partial charge in [-0.1, -0.05) is 19.1 Å². The number of nitrogens with zero attached hydrogens (tertiary/aromatic N) is 3. The third kappa shape index (κ3) is 2.58. The Bertz CT molecular complexity index is 540. The van der Waals surface area contributed by atoms with Crippen molar-refractivity contribution in [3.63, 3.8) is 0 Å². The van der Waals surface area contributed by atoms with E-state index in [1.165, 1.54) is 11.8 Å². The highest BCUT2D eigenvalue weighted by atomic mass is 15.0. The normalized spacial score (nSPS) is 9.65. The fourth-order valence-corrected chi connectivity index (χ4v) is 1.47. The van der Waals surface area contributed by atoms with Gasteiger partial charge in [0.2, 0.25) is 0 Å². The molecule has 4 nitrogen and oxygen atoms in total. The van der Waals surface area contributed by atoms with E-state index in [0.717, 1.165) is 12.1 Å². The Morgan fingerprint density at radius 2 is 1.88 bits per heavy atom. The Hall–Kier alpha value is -2.41. The summed E-state index contributed by atoms with van der Waals surface area (Å²) in [6.45, 7) is 2.11. The van der Waals surface area contributed by atoms with Crippen LogP contribution in [0.5, 0.6) is 0 Å². The van der Waals surface area contributed by atoms with Crippen molar-refractivity contribution < 1.29 is 0 Å². The Morgan fingerprint density at radius 3 is 2.53 bits per heavy atom. The third-order valence-electron chi connectivity index (χ3n) is 2.43. The van der Waals surface area contributed by atoms with Gasteiger partial charge in [-0.3, -0.25) is 0 Å². The summed E-state index contributed by atoms with van der Waals surface area (Å²) in [5, 5.41) is 12.0. The first-order valence-corrected chi connectivity index (χ1v) is 5.40. The molecule has 0 atom stereocenters. The molecule has 0 aliphatic rings. The smallest absolute Gasteiger partial charge is 0.183 e. The molecule has 1 N–H and O–H groups in total. The Labute approximate surface area is 100.0 Å². The van der Waals surface area contributed by atoms with Crippen LogP contribution in [0.3, 0.4) is 0 Å². The molecule has 84 valence electrons. The predicted molar refractivity (Wildman–Crippen MR) is 65.8 cm³/mol. The molecule has 0 fully saturated rings. The summed E-state index contributed by atoms with van der Waals surface area (Å²) in [4.78, 5) is 8.03. The molecule has 0 saturated heterocycles. The van der Waals surface area contributed by atoms with Crippen molar-refractivity contribution in [3.05, 3.63) is 47.9 Å². The lowest BCUT2D eigenvalue weighted by molar-refractivity contribution is 1.14. The highest BCUT2D eigenvalue weighted by Crippen LogP contribution is 2.16. The summed E-state index contributed by atoms with van der Waals surface area (Å²) >= 11 is 0. The average Bonchev–Trinajstić information content (AvgIpc) is 2.40. The first kappa shape index (κ1) is 11.1. The number of aryl methyl sites for hydroxylation is 1. The number of aromatic nitrogens is 2. The molecule has 1 heterocycles. The predicted octanol–water partition coefficient (Wildman–Crippen LogP) is 2.65. The number of anilines is 2. The van der Waals surface area contributed by atoms with Crippen LogP contribution in [0.1, 0.15) is 18.2 Å². The van der Waals surface area contributed by atoms with Crippen LogP contribution in [0.15, 0.2) is 36.7 Å². The number of hydrogen-bond donors (Lipinski definition) is 1. The molecule has 2 aromatic rings. The van der Waals surface area contributed by atoms with Gasteiger partial charge in [-0.05, 0) is 24.1 Å². The van der Waals surface area contributed by atoms with Gasteiger partial charge < -0.3 is 5.32 Å². The van der Waals surface area contributed by atoms with Crippen LogP contribution in [0.25, 0.3) is 0 Å². The Balaban J connectivity index is 2.23. The minimum Gasteiger partial charge on any atom is -0.338 e. The summed E-state index contributed by atoms with van der Waals surface area (Å²) < 4.78 is 0. The monoisotopic (exact) mass is 224 g/mol. The van der Waals surface area contributed by atoms with Crippen molar-refractivity contribution in [3.8, 4) is 6.07 Å². The van der Waals surface area contributed by atoms with Gasteiger partial charge in [-0.15, -0.1) is 0 Å². The second-order valence-electron chi connectivity index (χ2n) is 3.54. The van der Waals surface area contributed by atoms with E-state index in [9.17, 15) is 0 Å². The molecule has 0 amide bonds. The fraction of sp³-hybridized carbons (Fsp3) is 0.154. The zero-order chi connectivity index (χ0) is 12.1. The van der Waals surface area contributed by atoms with Gasteiger partial charge >= 0.3 is 0 Å². The summed E-state index contributed by atoms with van der Waals surface area (Å²) in [5.41, 5.74) is 2.47. The van der Waals surface area contributed by atoms with E-state index in [4.69, 9.17) is 5.26 Å². The van der Waals surface area contributed by atoms with Crippen molar-refractivity contribution >= 4 is 11.5 Å². The molecule has 0 aliphatic heterocycles. The van der Waals surface area contributed by atoms with E-state index < -0.39 is 0 Å². The van der Waals surface area contributed by atoms with E-state index in [1.54, 1.807) is 6.20 Å². The fourth-order valence-electron chi connectivity index (χ4n) is 1.47. The van der Waals surface area contributed by atoms with Crippen LogP contribution in [-0.4, -0.2) is 9.97 Å². The van der Waals surface area contributed by atoms with Gasteiger partial charge in [0.15, 0.2) is 11.5 Å². The van der Waals surface area contributed by atoms with Gasteiger partial charge in [-0.2, -0.15) is 5.26 Å². The molecule has 0 spiro atoms. The topological polar surface area (TPSA) is 61.6 Å². The van der Waals surface area contributed by atoms with E-state index in [1.807, 2.05) is 30.3 Å². The van der Waals surface area contributed by atoms with Crippen molar-refractivity contribution in [2.24, 2.45) is 0 Å².